The van der Waals surface area contributed by atoms with E-state index in [-0.39, 0.29) is 18.6 Å². The van der Waals surface area contributed by atoms with Crippen molar-refractivity contribution in [1.82, 2.24) is 4.90 Å². The Labute approximate surface area is 163 Å². The highest BCUT2D eigenvalue weighted by Gasteiger charge is 2.18. The first-order valence-electron chi connectivity index (χ1n) is 9.16. The fourth-order valence-electron chi connectivity index (χ4n) is 2.96. The minimum absolute atomic E-state index is 0.0913. The van der Waals surface area contributed by atoms with Crippen molar-refractivity contribution < 1.29 is 23.5 Å². The number of likely N-dealkylation sites (N-methyl/N-ethyl adjacent to an activating group) is 1. The SMILES string of the molecule is CN(CC(=O)Nc1cccc(F)c1)C(=O)c1cccc(OCC2CCCO2)c1. The van der Waals surface area contributed by atoms with Crippen molar-refractivity contribution in [2.75, 3.05) is 32.1 Å². The summed E-state index contributed by atoms with van der Waals surface area (Å²) >= 11 is 0. The fraction of sp³-hybridized carbons (Fsp3) is 0.333. The molecule has 2 amide bonds. The molecule has 1 saturated heterocycles. The Morgan fingerprint density at radius 2 is 2.07 bits per heavy atom. The van der Waals surface area contributed by atoms with E-state index in [0.29, 0.717) is 23.6 Å². The van der Waals surface area contributed by atoms with E-state index in [1.54, 1.807) is 30.3 Å². The number of ether oxygens (including phenoxy) is 2. The van der Waals surface area contributed by atoms with Crippen molar-refractivity contribution in [3.05, 3.63) is 59.9 Å². The van der Waals surface area contributed by atoms with Gasteiger partial charge in [-0.2, -0.15) is 0 Å². The fourth-order valence-corrected chi connectivity index (χ4v) is 2.96. The van der Waals surface area contributed by atoms with Crippen LogP contribution in [0.3, 0.4) is 0 Å². The molecule has 1 N–H and O–H groups in total. The normalized spacial score (nSPS) is 15.9. The molecule has 0 bridgehead atoms. The second kappa shape index (κ2) is 9.32. The first-order valence-corrected chi connectivity index (χ1v) is 9.16. The predicted molar refractivity (Wildman–Crippen MR) is 103 cm³/mol. The second-order valence-electron chi connectivity index (χ2n) is 6.69. The number of hydrogen-bond acceptors (Lipinski definition) is 4. The summed E-state index contributed by atoms with van der Waals surface area (Å²) < 4.78 is 24.4. The quantitative estimate of drug-likeness (QED) is 0.794. The Morgan fingerprint density at radius 3 is 2.82 bits per heavy atom. The van der Waals surface area contributed by atoms with Crippen molar-refractivity contribution >= 4 is 17.5 Å². The molecular weight excluding hydrogens is 363 g/mol. The highest BCUT2D eigenvalue weighted by Crippen LogP contribution is 2.18. The van der Waals surface area contributed by atoms with E-state index >= 15 is 0 Å². The third kappa shape index (κ3) is 5.53. The van der Waals surface area contributed by atoms with Crippen molar-refractivity contribution in [3.8, 4) is 5.75 Å². The molecule has 2 aromatic rings. The van der Waals surface area contributed by atoms with Crippen LogP contribution in [0.15, 0.2) is 48.5 Å². The van der Waals surface area contributed by atoms with Gasteiger partial charge in [0.25, 0.3) is 5.91 Å². The largest absolute Gasteiger partial charge is 0.491 e. The summed E-state index contributed by atoms with van der Waals surface area (Å²) in [5.41, 5.74) is 0.765. The molecule has 1 heterocycles. The number of anilines is 1. The second-order valence-corrected chi connectivity index (χ2v) is 6.69. The molecule has 148 valence electrons. The van der Waals surface area contributed by atoms with Crippen LogP contribution in [0.5, 0.6) is 5.75 Å². The molecule has 0 saturated carbocycles. The zero-order chi connectivity index (χ0) is 19.9. The van der Waals surface area contributed by atoms with Gasteiger partial charge in [0.15, 0.2) is 0 Å². The number of hydrogen-bond donors (Lipinski definition) is 1. The Morgan fingerprint density at radius 1 is 1.25 bits per heavy atom. The molecule has 1 aliphatic heterocycles. The monoisotopic (exact) mass is 386 g/mol. The number of nitrogens with one attached hydrogen (secondary N) is 1. The van der Waals surface area contributed by atoms with Crippen LogP contribution < -0.4 is 10.1 Å². The Balaban J connectivity index is 1.54. The Bertz CT molecular complexity index is 837. The van der Waals surface area contributed by atoms with E-state index in [1.165, 1.54) is 30.1 Å². The van der Waals surface area contributed by atoms with Gasteiger partial charge in [0.2, 0.25) is 5.91 Å². The molecule has 3 rings (SSSR count). The number of benzene rings is 2. The highest BCUT2D eigenvalue weighted by atomic mass is 19.1. The lowest BCUT2D eigenvalue weighted by Gasteiger charge is -2.18. The van der Waals surface area contributed by atoms with Crippen LogP contribution >= 0.6 is 0 Å². The smallest absolute Gasteiger partial charge is 0.254 e. The minimum Gasteiger partial charge on any atom is -0.491 e. The maximum Gasteiger partial charge on any atom is 0.254 e. The summed E-state index contributed by atoms with van der Waals surface area (Å²) in [4.78, 5) is 26.0. The van der Waals surface area contributed by atoms with E-state index in [0.717, 1.165) is 19.4 Å². The molecule has 1 unspecified atom stereocenters. The van der Waals surface area contributed by atoms with Gasteiger partial charge in [-0.05, 0) is 49.2 Å². The number of halogens is 1. The van der Waals surface area contributed by atoms with Crippen molar-refractivity contribution in [3.63, 3.8) is 0 Å². The minimum atomic E-state index is -0.443. The maximum atomic E-state index is 13.2. The molecule has 0 spiro atoms. The number of rotatable bonds is 7. The van der Waals surface area contributed by atoms with E-state index in [2.05, 4.69) is 5.32 Å². The van der Waals surface area contributed by atoms with Gasteiger partial charge in [-0.3, -0.25) is 9.59 Å². The third-order valence-electron chi connectivity index (χ3n) is 4.38. The number of amides is 2. The van der Waals surface area contributed by atoms with Crippen LogP contribution in [0.2, 0.25) is 0 Å². The molecule has 2 aromatic carbocycles. The van der Waals surface area contributed by atoms with Gasteiger partial charge < -0.3 is 19.7 Å². The van der Waals surface area contributed by atoms with Gasteiger partial charge in [0.1, 0.15) is 18.2 Å². The lowest BCUT2D eigenvalue weighted by Crippen LogP contribution is -2.34. The van der Waals surface area contributed by atoms with E-state index in [1.807, 2.05) is 0 Å². The summed E-state index contributed by atoms with van der Waals surface area (Å²) in [6, 6.07) is 12.4. The number of nitrogens with zero attached hydrogens (tertiary/aromatic N) is 1. The Kier molecular flexibility index (Phi) is 6.60. The summed E-state index contributed by atoms with van der Waals surface area (Å²) in [5.74, 6) is -0.579. The summed E-state index contributed by atoms with van der Waals surface area (Å²) in [6.07, 6.45) is 2.10. The number of carbonyl (C=O) groups excluding carboxylic acids is 2. The summed E-state index contributed by atoms with van der Waals surface area (Å²) in [5, 5.41) is 2.57. The van der Waals surface area contributed by atoms with Crippen molar-refractivity contribution in [2.45, 2.75) is 18.9 Å². The van der Waals surface area contributed by atoms with Crippen LogP contribution in [0.1, 0.15) is 23.2 Å². The third-order valence-corrected chi connectivity index (χ3v) is 4.38. The van der Waals surface area contributed by atoms with Gasteiger partial charge in [0.05, 0.1) is 12.6 Å². The average molecular weight is 386 g/mol. The van der Waals surface area contributed by atoms with Gasteiger partial charge >= 0.3 is 0 Å². The maximum absolute atomic E-state index is 13.2. The van der Waals surface area contributed by atoms with Crippen molar-refractivity contribution in [2.24, 2.45) is 0 Å². The molecule has 6 nitrogen and oxygen atoms in total. The average Bonchev–Trinajstić information content (AvgIpc) is 3.19. The molecule has 1 aliphatic rings. The van der Waals surface area contributed by atoms with Crippen LogP contribution in [0, 0.1) is 5.82 Å². The first kappa shape index (κ1) is 19.8. The predicted octanol–water partition coefficient (Wildman–Crippen LogP) is 3.09. The zero-order valence-electron chi connectivity index (χ0n) is 15.7. The van der Waals surface area contributed by atoms with Crippen LogP contribution in [0.4, 0.5) is 10.1 Å². The van der Waals surface area contributed by atoms with Crippen LogP contribution in [0.25, 0.3) is 0 Å². The molecule has 0 aromatic heterocycles. The molecule has 1 atom stereocenters. The summed E-state index contributed by atoms with van der Waals surface area (Å²) in [6.45, 7) is 1.05. The van der Waals surface area contributed by atoms with Crippen molar-refractivity contribution in [1.29, 1.82) is 0 Å². The lowest BCUT2D eigenvalue weighted by molar-refractivity contribution is -0.116. The van der Waals surface area contributed by atoms with Gasteiger partial charge in [-0.1, -0.05) is 12.1 Å². The number of carbonyl (C=O) groups is 2. The standard InChI is InChI=1S/C21H23FN2O4/c1-24(13-20(25)23-17-7-3-6-16(22)12-17)21(26)15-5-2-8-18(11-15)28-14-19-9-4-10-27-19/h2-3,5-8,11-12,19H,4,9-10,13-14H2,1H3,(H,23,25). The highest BCUT2D eigenvalue weighted by molar-refractivity contribution is 5.99. The zero-order valence-corrected chi connectivity index (χ0v) is 15.7. The van der Waals surface area contributed by atoms with Gasteiger partial charge in [-0.15, -0.1) is 0 Å². The van der Waals surface area contributed by atoms with Crippen LogP contribution in [-0.4, -0.2) is 49.6 Å². The van der Waals surface area contributed by atoms with Gasteiger partial charge in [-0.25, -0.2) is 4.39 Å². The molecule has 0 aliphatic carbocycles. The van der Waals surface area contributed by atoms with E-state index < -0.39 is 11.7 Å². The van der Waals surface area contributed by atoms with Crippen LogP contribution in [-0.2, 0) is 9.53 Å². The van der Waals surface area contributed by atoms with E-state index in [9.17, 15) is 14.0 Å². The first-order chi connectivity index (χ1) is 13.5. The topological polar surface area (TPSA) is 67.9 Å². The Hall–Kier alpha value is -2.93. The molecular formula is C21H23FN2O4. The van der Waals surface area contributed by atoms with Gasteiger partial charge in [0, 0.05) is 24.9 Å². The van der Waals surface area contributed by atoms with E-state index in [4.69, 9.17) is 9.47 Å². The molecule has 7 heteroatoms. The summed E-state index contributed by atoms with van der Waals surface area (Å²) in [7, 11) is 1.54. The molecule has 28 heavy (non-hydrogen) atoms. The molecule has 0 radical (unpaired) electrons. The molecule has 1 fully saturated rings. The lowest BCUT2D eigenvalue weighted by atomic mass is 10.2.